The smallest absolute Gasteiger partial charge is 0.194 e. The number of rotatable bonds is 0. The average molecular weight is 180 g/mol. The molecule has 2 fully saturated rings. The number of nitrogens with zero attached hydrogens (tertiary/aromatic N) is 2. The van der Waals surface area contributed by atoms with Crippen molar-refractivity contribution in [3.8, 4) is 0 Å². The molecule has 2 N–H and O–H groups in total. The van der Waals surface area contributed by atoms with Crippen molar-refractivity contribution < 1.29 is 0 Å². The number of hydrogen-bond acceptors (Lipinski definition) is 4. The summed E-state index contributed by atoms with van der Waals surface area (Å²) in [5.74, 6) is 2.88. The molecule has 0 radical (unpaired) electrons. The first-order chi connectivity index (χ1) is 6.43. The Bertz CT molecular complexity index is 226. The van der Waals surface area contributed by atoms with Crippen molar-refractivity contribution in [3.63, 3.8) is 0 Å². The Hall–Kier alpha value is -0.770. The van der Waals surface area contributed by atoms with Crippen LogP contribution in [0.5, 0.6) is 0 Å². The minimum atomic E-state index is 0.866. The predicted octanol–water partition coefficient (Wildman–Crippen LogP) is -0.903. The van der Waals surface area contributed by atoms with Gasteiger partial charge in [-0.15, -0.1) is 0 Å². The molecule has 3 heterocycles. The van der Waals surface area contributed by atoms with Crippen LogP contribution in [0.15, 0.2) is 4.99 Å². The molecule has 0 amide bonds. The lowest BCUT2D eigenvalue weighted by molar-refractivity contribution is 0.457. The molecule has 72 valence electrons. The van der Waals surface area contributed by atoms with Gasteiger partial charge in [0.15, 0.2) is 5.96 Å². The second kappa shape index (κ2) is 2.87. The molecular weight excluding hydrogens is 164 g/mol. The summed E-state index contributed by atoms with van der Waals surface area (Å²) in [6.07, 6.45) is 0. The van der Waals surface area contributed by atoms with Crippen LogP contribution >= 0.6 is 0 Å². The van der Waals surface area contributed by atoms with Crippen molar-refractivity contribution in [2.45, 2.75) is 0 Å². The summed E-state index contributed by atoms with van der Waals surface area (Å²) < 4.78 is 0. The molecule has 3 aliphatic heterocycles. The fourth-order valence-corrected chi connectivity index (χ4v) is 2.63. The summed E-state index contributed by atoms with van der Waals surface area (Å²) in [5.41, 5.74) is 0. The largest absolute Gasteiger partial charge is 0.354 e. The number of aliphatic imine (C=N–C) groups is 1. The van der Waals surface area contributed by atoms with Gasteiger partial charge in [0, 0.05) is 32.7 Å². The molecule has 0 spiro atoms. The number of nitrogens with one attached hydrogen (secondary N) is 2. The molecule has 2 saturated heterocycles. The summed E-state index contributed by atoms with van der Waals surface area (Å²) in [5, 5.41) is 6.79. The summed E-state index contributed by atoms with van der Waals surface area (Å²) in [6.45, 7) is 6.79. The second-order valence-electron chi connectivity index (χ2n) is 4.22. The third-order valence-corrected chi connectivity index (χ3v) is 3.35. The maximum atomic E-state index is 4.46. The van der Waals surface area contributed by atoms with Gasteiger partial charge in [0.25, 0.3) is 0 Å². The maximum absolute atomic E-state index is 4.46. The quantitative estimate of drug-likeness (QED) is 0.507. The molecule has 0 aromatic carbocycles. The van der Waals surface area contributed by atoms with E-state index >= 15 is 0 Å². The molecular formula is C9H16N4. The van der Waals surface area contributed by atoms with Crippen molar-refractivity contribution >= 4 is 5.96 Å². The molecule has 2 atom stereocenters. The van der Waals surface area contributed by atoms with Gasteiger partial charge in [-0.3, -0.25) is 4.99 Å². The van der Waals surface area contributed by atoms with Crippen LogP contribution in [0, 0.1) is 11.8 Å². The van der Waals surface area contributed by atoms with Crippen LogP contribution in [0.2, 0.25) is 0 Å². The normalized spacial score (nSPS) is 37.5. The third kappa shape index (κ3) is 1.20. The highest BCUT2D eigenvalue weighted by Gasteiger charge is 2.37. The first-order valence-electron chi connectivity index (χ1n) is 5.17. The number of likely N-dealkylation sites (tertiary alicyclic amines) is 1. The van der Waals surface area contributed by atoms with E-state index in [1.54, 1.807) is 0 Å². The monoisotopic (exact) mass is 180 g/mol. The number of fused-ring (bicyclic) bond motifs is 1. The highest BCUT2D eigenvalue weighted by Crippen LogP contribution is 2.26. The van der Waals surface area contributed by atoms with E-state index in [2.05, 4.69) is 20.5 Å². The number of guanidine groups is 1. The van der Waals surface area contributed by atoms with E-state index < -0.39 is 0 Å². The van der Waals surface area contributed by atoms with Crippen LogP contribution in [-0.4, -0.2) is 50.1 Å². The van der Waals surface area contributed by atoms with Gasteiger partial charge in [0.05, 0.1) is 6.54 Å². The zero-order valence-corrected chi connectivity index (χ0v) is 7.79. The lowest BCUT2D eigenvalue weighted by Gasteiger charge is -2.19. The van der Waals surface area contributed by atoms with Crippen LogP contribution in [-0.2, 0) is 0 Å². The van der Waals surface area contributed by atoms with Crippen molar-refractivity contribution in [2.24, 2.45) is 16.8 Å². The fourth-order valence-electron chi connectivity index (χ4n) is 2.63. The minimum Gasteiger partial charge on any atom is -0.354 e. The summed E-state index contributed by atoms with van der Waals surface area (Å²) >= 11 is 0. The highest BCUT2D eigenvalue weighted by molar-refractivity contribution is 5.81. The molecule has 0 aromatic rings. The highest BCUT2D eigenvalue weighted by atomic mass is 15.3. The Morgan fingerprint density at radius 3 is 2.62 bits per heavy atom. The van der Waals surface area contributed by atoms with Gasteiger partial charge in [0.1, 0.15) is 0 Å². The van der Waals surface area contributed by atoms with E-state index in [9.17, 15) is 0 Å². The van der Waals surface area contributed by atoms with Crippen LogP contribution in [0.1, 0.15) is 0 Å². The van der Waals surface area contributed by atoms with E-state index in [-0.39, 0.29) is 0 Å². The number of hydrogen-bond donors (Lipinski definition) is 2. The van der Waals surface area contributed by atoms with Crippen molar-refractivity contribution in [1.82, 2.24) is 15.5 Å². The van der Waals surface area contributed by atoms with E-state index in [0.717, 1.165) is 30.9 Å². The Balaban J connectivity index is 1.69. The lowest BCUT2D eigenvalue weighted by Crippen LogP contribution is -2.38. The first-order valence-corrected chi connectivity index (χ1v) is 5.17. The topological polar surface area (TPSA) is 39.7 Å². The van der Waals surface area contributed by atoms with Gasteiger partial charge in [-0.05, 0) is 11.8 Å². The van der Waals surface area contributed by atoms with Crippen molar-refractivity contribution in [3.05, 3.63) is 0 Å². The van der Waals surface area contributed by atoms with Gasteiger partial charge < -0.3 is 15.5 Å². The Morgan fingerprint density at radius 1 is 1.23 bits per heavy atom. The second-order valence-corrected chi connectivity index (χ2v) is 4.22. The minimum absolute atomic E-state index is 0.866. The van der Waals surface area contributed by atoms with Crippen LogP contribution < -0.4 is 10.6 Å². The fraction of sp³-hybridized carbons (Fsp3) is 0.889. The standard InChI is InChI=1S/C9H16N4/c1-2-12-9(11-1)13-5-7-3-10-4-8(7)6-13/h7-8,10H,1-6H2,(H,11,12)/t7-,8+. The molecule has 0 aromatic heterocycles. The molecule has 3 rings (SSSR count). The van der Waals surface area contributed by atoms with Gasteiger partial charge in [0.2, 0.25) is 0 Å². The molecule has 0 unspecified atom stereocenters. The molecule has 13 heavy (non-hydrogen) atoms. The van der Waals surface area contributed by atoms with Crippen LogP contribution in [0.3, 0.4) is 0 Å². The Labute approximate surface area is 78.4 Å². The Morgan fingerprint density at radius 2 is 2.00 bits per heavy atom. The lowest BCUT2D eigenvalue weighted by atomic mass is 10.0. The van der Waals surface area contributed by atoms with E-state index in [1.165, 1.54) is 26.2 Å². The summed E-state index contributed by atoms with van der Waals surface area (Å²) in [4.78, 5) is 6.88. The van der Waals surface area contributed by atoms with Gasteiger partial charge in [-0.2, -0.15) is 0 Å². The third-order valence-electron chi connectivity index (χ3n) is 3.35. The summed E-state index contributed by atoms with van der Waals surface area (Å²) in [7, 11) is 0. The SMILES string of the molecule is C1CNC(N2C[C@H]3CNC[C@H]3C2)=N1. The van der Waals surface area contributed by atoms with Crippen LogP contribution in [0.4, 0.5) is 0 Å². The predicted molar refractivity (Wildman–Crippen MR) is 51.7 cm³/mol. The zero-order chi connectivity index (χ0) is 8.67. The summed E-state index contributed by atoms with van der Waals surface area (Å²) in [6, 6.07) is 0. The average Bonchev–Trinajstić information content (AvgIpc) is 2.78. The molecule has 4 heteroatoms. The van der Waals surface area contributed by atoms with Gasteiger partial charge >= 0.3 is 0 Å². The van der Waals surface area contributed by atoms with Crippen LogP contribution in [0.25, 0.3) is 0 Å². The molecule has 4 nitrogen and oxygen atoms in total. The van der Waals surface area contributed by atoms with Crippen molar-refractivity contribution in [2.75, 3.05) is 39.3 Å². The zero-order valence-electron chi connectivity index (χ0n) is 7.79. The van der Waals surface area contributed by atoms with Crippen molar-refractivity contribution in [1.29, 1.82) is 0 Å². The first kappa shape index (κ1) is 7.62. The van der Waals surface area contributed by atoms with Gasteiger partial charge in [-0.1, -0.05) is 0 Å². The molecule has 0 bridgehead atoms. The molecule has 0 aliphatic carbocycles. The van der Waals surface area contributed by atoms with E-state index in [0.29, 0.717) is 0 Å². The molecule has 3 aliphatic rings. The Kier molecular flexibility index (Phi) is 1.68. The molecule has 0 saturated carbocycles. The van der Waals surface area contributed by atoms with E-state index in [1.807, 2.05) is 0 Å². The maximum Gasteiger partial charge on any atom is 0.194 e. The van der Waals surface area contributed by atoms with Gasteiger partial charge in [-0.25, -0.2) is 0 Å². The van der Waals surface area contributed by atoms with E-state index in [4.69, 9.17) is 0 Å².